The van der Waals surface area contributed by atoms with Crippen LogP contribution in [-0.4, -0.2) is 34.7 Å². The molecule has 0 atom stereocenters. The molecule has 1 N–H and O–H groups in total. The first-order chi connectivity index (χ1) is 8.49. The molecule has 0 amide bonds. The Labute approximate surface area is 105 Å². The highest BCUT2D eigenvalue weighted by Gasteiger charge is 2.12. The van der Waals surface area contributed by atoms with E-state index >= 15 is 0 Å². The number of hydrogen-bond acceptors (Lipinski definition) is 3. The summed E-state index contributed by atoms with van der Waals surface area (Å²) in [5.41, 5.74) is 2.05. The van der Waals surface area contributed by atoms with E-state index in [1.165, 1.54) is 6.20 Å². The summed E-state index contributed by atoms with van der Waals surface area (Å²) in [6.07, 6.45) is 1.51. The molecule has 94 valence electrons. The zero-order valence-electron chi connectivity index (χ0n) is 10.6. The number of hydrogen-bond donors (Lipinski definition) is 1. The van der Waals surface area contributed by atoms with Crippen LogP contribution >= 0.6 is 0 Å². The fourth-order valence-corrected chi connectivity index (χ4v) is 1.75. The Hall–Kier alpha value is -2.30. The fourth-order valence-electron chi connectivity index (χ4n) is 1.75. The van der Waals surface area contributed by atoms with Gasteiger partial charge in [-0.15, -0.1) is 0 Å². The first kappa shape index (κ1) is 12.2. The second-order valence-electron chi connectivity index (χ2n) is 4.31. The second-order valence-corrected chi connectivity index (χ2v) is 4.31. The molecule has 0 bridgehead atoms. The van der Waals surface area contributed by atoms with Crippen LogP contribution in [0, 0.1) is 0 Å². The van der Waals surface area contributed by atoms with Crippen molar-refractivity contribution in [1.29, 1.82) is 0 Å². The molecule has 5 heteroatoms. The quantitative estimate of drug-likeness (QED) is 0.896. The Bertz CT molecular complexity index is 570. The van der Waals surface area contributed by atoms with Crippen LogP contribution in [0.15, 0.2) is 30.5 Å². The molecule has 5 nitrogen and oxygen atoms in total. The number of carbonyl (C=O) groups is 1. The number of carboxylic acids is 1. The lowest BCUT2D eigenvalue weighted by molar-refractivity contribution is 0.0691. The van der Waals surface area contributed by atoms with Crippen molar-refractivity contribution in [1.82, 2.24) is 9.55 Å². The van der Waals surface area contributed by atoms with E-state index < -0.39 is 5.97 Å². The molecule has 1 heterocycles. The first-order valence-corrected chi connectivity index (χ1v) is 5.53. The maximum absolute atomic E-state index is 10.9. The molecule has 0 fully saturated rings. The van der Waals surface area contributed by atoms with Crippen molar-refractivity contribution in [3.63, 3.8) is 0 Å². The van der Waals surface area contributed by atoms with Gasteiger partial charge in [-0.25, -0.2) is 9.78 Å². The Morgan fingerprint density at radius 2 is 1.89 bits per heavy atom. The zero-order chi connectivity index (χ0) is 13.3. The van der Waals surface area contributed by atoms with Gasteiger partial charge in [-0.05, 0) is 24.3 Å². The van der Waals surface area contributed by atoms with E-state index in [0.717, 1.165) is 11.3 Å². The summed E-state index contributed by atoms with van der Waals surface area (Å²) in [5, 5.41) is 8.90. The average Bonchev–Trinajstić information content (AvgIpc) is 2.71. The van der Waals surface area contributed by atoms with Gasteiger partial charge in [-0.3, -0.25) is 0 Å². The molecule has 0 saturated carbocycles. The van der Waals surface area contributed by atoms with Gasteiger partial charge in [-0.2, -0.15) is 0 Å². The van der Waals surface area contributed by atoms with Gasteiger partial charge in [0.1, 0.15) is 5.82 Å². The van der Waals surface area contributed by atoms with Crippen molar-refractivity contribution in [2.24, 2.45) is 7.05 Å². The molecule has 2 aromatic rings. The molecular weight excluding hydrogens is 230 g/mol. The van der Waals surface area contributed by atoms with Crippen molar-refractivity contribution in [2.75, 3.05) is 19.0 Å². The smallest absolute Gasteiger partial charge is 0.356 e. The van der Waals surface area contributed by atoms with Gasteiger partial charge in [0, 0.05) is 38.6 Å². The normalized spacial score (nSPS) is 10.4. The SMILES string of the molecule is CN(C)c1ccc(-c2nc(C(=O)O)cn2C)cc1. The predicted molar refractivity (Wildman–Crippen MR) is 69.9 cm³/mol. The molecule has 0 aliphatic heterocycles. The van der Waals surface area contributed by atoms with Crippen LogP contribution in [-0.2, 0) is 7.05 Å². The van der Waals surface area contributed by atoms with E-state index in [4.69, 9.17) is 5.11 Å². The van der Waals surface area contributed by atoms with E-state index in [1.807, 2.05) is 43.3 Å². The lowest BCUT2D eigenvalue weighted by Gasteiger charge is -2.12. The molecule has 2 rings (SSSR count). The summed E-state index contributed by atoms with van der Waals surface area (Å²) in [4.78, 5) is 17.0. The molecule has 0 aliphatic carbocycles. The fraction of sp³-hybridized carbons (Fsp3) is 0.231. The van der Waals surface area contributed by atoms with E-state index in [-0.39, 0.29) is 5.69 Å². The standard InChI is InChI=1S/C13H15N3O2/c1-15(2)10-6-4-9(5-7-10)12-14-11(13(17)18)8-16(12)3/h4-8H,1-3H3,(H,17,18). The number of benzene rings is 1. The minimum atomic E-state index is -1.01. The maximum Gasteiger partial charge on any atom is 0.356 e. The summed E-state index contributed by atoms with van der Waals surface area (Å²) in [6, 6.07) is 7.82. The molecule has 0 aliphatic rings. The van der Waals surface area contributed by atoms with Crippen LogP contribution in [0.25, 0.3) is 11.4 Å². The van der Waals surface area contributed by atoms with Crippen molar-refractivity contribution >= 4 is 11.7 Å². The van der Waals surface area contributed by atoms with E-state index in [2.05, 4.69) is 4.98 Å². The Kier molecular flexibility index (Phi) is 3.06. The van der Waals surface area contributed by atoms with Crippen molar-refractivity contribution in [3.8, 4) is 11.4 Å². The van der Waals surface area contributed by atoms with Crippen LogP contribution in [0.4, 0.5) is 5.69 Å². The highest BCUT2D eigenvalue weighted by Crippen LogP contribution is 2.21. The molecule has 18 heavy (non-hydrogen) atoms. The monoisotopic (exact) mass is 245 g/mol. The van der Waals surface area contributed by atoms with Gasteiger partial charge in [0.2, 0.25) is 0 Å². The van der Waals surface area contributed by atoms with Gasteiger partial charge in [0.05, 0.1) is 0 Å². The Balaban J connectivity index is 2.39. The Morgan fingerprint density at radius 3 is 2.33 bits per heavy atom. The molecule has 1 aromatic carbocycles. The second kappa shape index (κ2) is 4.52. The average molecular weight is 245 g/mol. The van der Waals surface area contributed by atoms with Crippen LogP contribution < -0.4 is 4.90 Å². The van der Waals surface area contributed by atoms with Gasteiger partial charge in [0.25, 0.3) is 0 Å². The molecule has 0 unspecified atom stereocenters. The van der Waals surface area contributed by atoms with Gasteiger partial charge >= 0.3 is 5.97 Å². The van der Waals surface area contributed by atoms with Crippen LogP contribution in [0.3, 0.4) is 0 Å². The van der Waals surface area contributed by atoms with Crippen molar-refractivity contribution < 1.29 is 9.90 Å². The third-order valence-corrected chi connectivity index (χ3v) is 2.74. The number of anilines is 1. The highest BCUT2D eigenvalue weighted by atomic mass is 16.4. The van der Waals surface area contributed by atoms with Crippen molar-refractivity contribution in [3.05, 3.63) is 36.2 Å². The van der Waals surface area contributed by atoms with Crippen LogP contribution in [0.1, 0.15) is 10.5 Å². The first-order valence-electron chi connectivity index (χ1n) is 5.53. The number of carboxylic acid groups (broad SMARTS) is 1. The molecule has 1 aromatic heterocycles. The largest absolute Gasteiger partial charge is 0.476 e. The minimum Gasteiger partial charge on any atom is -0.476 e. The molecule has 0 radical (unpaired) electrons. The lowest BCUT2D eigenvalue weighted by Crippen LogP contribution is -2.08. The summed E-state index contributed by atoms with van der Waals surface area (Å²) in [7, 11) is 5.73. The van der Waals surface area contributed by atoms with E-state index in [0.29, 0.717) is 5.82 Å². The summed E-state index contributed by atoms with van der Waals surface area (Å²) in [5.74, 6) is -0.362. The highest BCUT2D eigenvalue weighted by molar-refractivity contribution is 5.86. The number of aryl methyl sites for hydroxylation is 1. The number of aromatic nitrogens is 2. The summed E-state index contributed by atoms with van der Waals surface area (Å²) in [6.45, 7) is 0. The number of rotatable bonds is 3. The topological polar surface area (TPSA) is 58.4 Å². The van der Waals surface area contributed by atoms with Crippen LogP contribution in [0.5, 0.6) is 0 Å². The number of imidazole rings is 1. The van der Waals surface area contributed by atoms with E-state index in [9.17, 15) is 4.79 Å². The maximum atomic E-state index is 10.9. The van der Waals surface area contributed by atoms with Gasteiger partial charge < -0.3 is 14.6 Å². The predicted octanol–water partition coefficient (Wildman–Crippen LogP) is 1.85. The lowest BCUT2D eigenvalue weighted by atomic mass is 10.2. The molecule has 0 spiro atoms. The zero-order valence-corrected chi connectivity index (χ0v) is 10.6. The number of nitrogens with zero attached hydrogens (tertiary/aromatic N) is 3. The van der Waals surface area contributed by atoms with Crippen LogP contribution in [0.2, 0.25) is 0 Å². The Morgan fingerprint density at radius 1 is 1.28 bits per heavy atom. The molecule has 0 saturated heterocycles. The third kappa shape index (κ3) is 2.20. The van der Waals surface area contributed by atoms with Gasteiger partial charge in [0.15, 0.2) is 5.69 Å². The summed E-state index contributed by atoms with van der Waals surface area (Å²) < 4.78 is 1.72. The minimum absolute atomic E-state index is 0.0594. The molecular formula is C13H15N3O2. The van der Waals surface area contributed by atoms with Gasteiger partial charge in [-0.1, -0.05) is 0 Å². The number of aromatic carboxylic acids is 1. The van der Waals surface area contributed by atoms with E-state index in [1.54, 1.807) is 11.6 Å². The summed E-state index contributed by atoms with van der Waals surface area (Å²) >= 11 is 0. The third-order valence-electron chi connectivity index (χ3n) is 2.74. The van der Waals surface area contributed by atoms with Crippen molar-refractivity contribution in [2.45, 2.75) is 0 Å².